The Morgan fingerprint density at radius 3 is 2.63 bits per heavy atom. The maximum Gasteiger partial charge on any atom is 0.213 e. The molecule has 0 fully saturated rings. The molecule has 98 valence electrons. The van der Waals surface area contributed by atoms with Crippen LogP contribution in [0, 0.1) is 0 Å². The first-order valence-corrected chi connectivity index (χ1v) is 6.71. The average Bonchev–Trinajstić information content (AvgIpc) is 2.39. The SMILES string of the molecule is COc1ccc(NC(=S)Nc2cccc(Br)c2)cn1. The number of anilines is 2. The lowest BCUT2D eigenvalue weighted by molar-refractivity contribution is 0.398. The Bertz CT molecular complexity index is 574. The molecule has 0 amide bonds. The van der Waals surface area contributed by atoms with Crippen LogP contribution in [-0.2, 0) is 0 Å². The van der Waals surface area contributed by atoms with Gasteiger partial charge in [-0.25, -0.2) is 4.98 Å². The van der Waals surface area contributed by atoms with Gasteiger partial charge in [-0.05, 0) is 36.5 Å². The Labute approximate surface area is 125 Å². The summed E-state index contributed by atoms with van der Waals surface area (Å²) in [5, 5.41) is 6.64. The third-order valence-corrected chi connectivity index (χ3v) is 2.98. The van der Waals surface area contributed by atoms with E-state index >= 15 is 0 Å². The van der Waals surface area contributed by atoms with E-state index in [9.17, 15) is 0 Å². The summed E-state index contributed by atoms with van der Waals surface area (Å²) in [5.41, 5.74) is 1.71. The zero-order valence-electron chi connectivity index (χ0n) is 10.2. The normalized spacial score (nSPS) is 9.79. The van der Waals surface area contributed by atoms with E-state index in [0.717, 1.165) is 15.8 Å². The number of nitrogens with one attached hydrogen (secondary N) is 2. The second-order valence-electron chi connectivity index (χ2n) is 3.68. The lowest BCUT2D eigenvalue weighted by atomic mass is 10.3. The van der Waals surface area contributed by atoms with Gasteiger partial charge in [0, 0.05) is 16.2 Å². The number of ether oxygens (including phenoxy) is 1. The van der Waals surface area contributed by atoms with E-state index in [1.807, 2.05) is 30.3 Å². The molecule has 2 rings (SSSR count). The van der Waals surface area contributed by atoms with Crippen LogP contribution in [-0.4, -0.2) is 17.2 Å². The number of rotatable bonds is 3. The van der Waals surface area contributed by atoms with Crippen LogP contribution in [0.15, 0.2) is 47.1 Å². The van der Waals surface area contributed by atoms with Crippen LogP contribution in [0.5, 0.6) is 5.88 Å². The van der Waals surface area contributed by atoms with Crippen molar-refractivity contribution >= 4 is 44.6 Å². The summed E-state index contributed by atoms with van der Waals surface area (Å²) < 4.78 is 5.98. The molecule has 0 radical (unpaired) electrons. The zero-order valence-corrected chi connectivity index (χ0v) is 12.6. The monoisotopic (exact) mass is 337 g/mol. The third-order valence-electron chi connectivity index (χ3n) is 2.29. The van der Waals surface area contributed by atoms with E-state index in [-0.39, 0.29) is 0 Å². The van der Waals surface area contributed by atoms with Crippen LogP contribution in [0.4, 0.5) is 11.4 Å². The molecule has 19 heavy (non-hydrogen) atoms. The van der Waals surface area contributed by atoms with Gasteiger partial charge in [0.15, 0.2) is 5.11 Å². The number of benzene rings is 1. The summed E-state index contributed by atoms with van der Waals surface area (Å²) >= 11 is 8.63. The summed E-state index contributed by atoms with van der Waals surface area (Å²) in [6.45, 7) is 0. The highest BCUT2D eigenvalue weighted by Crippen LogP contribution is 2.16. The van der Waals surface area contributed by atoms with Gasteiger partial charge in [-0.1, -0.05) is 22.0 Å². The highest BCUT2D eigenvalue weighted by Gasteiger charge is 2.00. The van der Waals surface area contributed by atoms with Crippen molar-refractivity contribution in [3.63, 3.8) is 0 Å². The van der Waals surface area contributed by atoms with Crippen molar-refractivity contribution in [2.45, 2.75) is 0 Å². The van der Waals surface area contributed by atoms with Gasteiger partial charge in [-0.2, -0.15) is 0 Å². The Morgan fingerprint density at radius 1 is 1.21 bits per heavy atom. The van der Waals surface area contributed by atoms with Gasteiger partial charge in [-0.3, -0.25) is 0 Å². The Hall–Kier alpha value is -1.66. The molecule has 6 heteroatoms. The molecule has 0 aliphatic carbocycles. The summed E-state index contributed by atoms with van der Waals surface area (Å²) in [5.74, 6) is 0.566. The van der Waals surface area contributed by atoms with E-state index in [1.54, 1.807) is 19.4 Å². The van der Waals surface area contributed by atoms with Crippen LogP contribution < -0.4 is 15.4 Å². The summed E-state index contributed by atoms with van der Waals surface area (Å²) in [6.07, 6.45) is 1.66. The molecule has 0 unspecified atom stereocenters. The third kappa shape index (κ3) is 4.18. The fraction of sp³-hybridized carbons (Fsp3) is 0.0769. The van der Waals surface area contributed by atoms with Crippen molar-refractivity contribution in [1.82, 2.24) is 4.98 Å². The number of halogens is 1. The van der Waals surface area contributed by atoms with E-state index < -0.39 is 0 Å². The minimum Gasteiger partial charge on any atom is -0.481 e. The molecule has 1 heterocycles. The minimum absolute atomic E-state index is 0.505. The molecule has 4 nitrogen and oxygen atoms in total. The summed E-state index contributed by atoms with van der Waals surface area (Å²) in [6, 6.07) is 11.4. The van der Waals surface area contributed by atoms with Crippen LogP contribution >= 0.6 is 28.1 Å². The van der Waals surface area contributed by atoms with Gasteiger partial charge < -0.3 is 15.4 Å². The lowest BCUT2D eigenvalue weighted by Gasteiger charge is -2.10. The quantitative estimate of drug-likeness (QED) is 0.837. The largest absolute Gasteiger partial charge is 0.481 e. The van der Waals surface area contributed by atoms with Gasteiger partial charge in [-0.15, -0.1) is 0 Å². The van der Waals surface area contributed by atoms with Crippen molar-refractivity contribution in [2.24, 2.45) is 0 Å². The first-order chi connectivity index (χ1) is 9.17. The van der Waals surface area contributed by atoms with Crippen LogP contribution in [0.3, 0.4) is 0 Å². The highest BCUT2D eigenvalue weighted by atomic mass is 79.9. The fourth-order valence-corrected chi connectivity index (χ4v) is 2.07. The van der Waals surface area contributed by atoms with Crippen LogP contribution in [0.25, 0.3) is 0 Å². The van der Waals surface area contributed by atoms with Crippen molar-refractivity contribution in [3.05, 3.63) is 47.1 Å². The molecule has 0 atom stereocenters. The second kappa shape index (κ2) is 6.49. The number of thiocarbonyl (C=S) groups is 1. The molecule has 0 spiro atoms. The first-order valence-electron chi connectivity index (χ1n) is 5.51. The van der Waals surface area contributed by atoms with Gasteiger partial charge in [0.25, 0.3) is 0 Å². The minimum atomic E-state index is 0.505. The fourth-order valence-electron chi connectivity index (χ4n) is 1.43. The van der Waals surface area contributed by atoms with Crippen molar-refractivity contribution in [3.8, 4) is 5.88 Å². The Morgan fingerprint density at radius 2 is 2.00 bits per heavy atom. The Kier molecular flexibility index (Phi) is 4.70. The highest BCUT2D eigenvalue weighted by molar-refractivity contribution is 9.10. The van der Waals surface area contributed by atoms with Crippen molar-refractivity contribution < 1.29 is 4.74 Å². The lowest BCUT2D eigenvalue weighted by Crippen LogP contribution is -2.19. The molecule has 1 aromatic carbocycles. The molecule has 1 aromatic heterocycles. The first kappa shape index (κ1) is 13.8. The van der Waals surface area contributed by atoms with E-state index in [2.05, 4.69) is 31.5 Å². The summed E-state index contributed by atoms with van der Waals surface area (Å²) in [7, 11) is 1.58. The number of hydrogen-bond acceptors (Lipinski definition) is 3. The Balaban J connectivity index is 1.97. The van der Waals surface area contributed by atoms with Gasteiger partial charge >= 0.3 is 0 Å². The van der Waals surface area contributed by atoms with E-state index in [0.29, 0.717) is 11.0 Å². The molecule has 2 aromatic rings. The molecular formula is C13H12BrN3OS. The molecule has 2 N–H and O–H groups in total. The number of nitrogens with zero attached hydrogens (tertiary/aromatic N) is 1. The molecule has 0 saturated heterocycles. The van der Waals surface area contributed by atoms with E-state index in [4.69, 9.17) is 17.0 Å². The average molecular weight is 338 g/mol. The molecule has 0 aliphatic heterocycles. The predicted octanol–water partition coefficient (Wildman–Crippen LogP) is 3.66. The zero-order chi connectivity index (χ0) is 13.7. The predicted molar refractivity (Wildman–Crippen MR) is 84.8 cm³/mol. The molecule has 0 bridgehead atoms. The van der Waals surface area contributed by atoms with Gasteiger partial charge in [0.1, 0.15) is 0 Å². The number of aromatic nitrogens is 1. The topological polar surface area (TPSA) is 46.2 Å². The molecule has 0 aliphatic rings. The molecule has 0 saturated carbocycles. The van der Waals surface area contributed by atoms with Gasteiger partial charge in [0.05, 0.1) is 19.0 Å². The number of hydrogen-bond donors (Lipinski definition) is 2. The number of pyridine rings is 1. The van der Waals surface area contributed by atoms with Crippen molar-refractivity contribution in [2.75, 3.05) is 17.7 Å². The number of methoxy groups -OCH3 is 1. The van der Waals surface area contributed by atoms with Crippen molar-refractivity contribution in [1.29, 1.82) is 0 Å². The second-order valence-corrected chi connectivity index (χ2v) is 5.00. The standard InChI is InChI=1S/C13H12BrN3OS/c1-18-12-6-5-11(8-15-12)17-13(19)16-10-4-2-3-9(14)7-10/h2-8H,1H3,(H2,16,17,19). The van der Waals surface area contributed by atoms with E-state index in [1.165, 1.54) is 0 Å². The smallest absolute Gasteiger partial charge is 0.213 e. The molecular weight excluding hydrogens is 326 g/mol. The van der Waals surface area contributed by atoms with Crippen LogP contribution in [0.2, 0.25) is 0 Å². The van der Waals surface area contributed by atoms with Crippen LogP contribution in [0.1, 0.15) is 0 Å². The summed E-state index contributed by atoms with van der Waals surface area (Å²) in [4.78, 5) is 4.09. The maximum atomic E-state index is 5.23. The maximum absolute atomic E-state index is 5.23. The van der Waals surface area contributed by atoms with Gasteiger partial charge in [0.2, 0.25) is 5.88 Å².